The molecule has 0 saturated heterocycles. The highest BCUT2D eigenvalue weighted by molar-refractivity contribution is 5.94. The van der Waals surface area contributed by atoms with E-state index in [1.54, 1.807) is 18.2 Å². The maximum atomic E-state index is 12.1. The molecular formula is C22H22N2O6. The summed E-state index contributed by atoms with van der Waals surface area (Å²) in [6, 6.07) is 14.6. The molecule has 3 rings (SSSR count). The molecule has 2 N–H and O–H groups in total. The zero-order valence-corrected chi connectivity index (χ0v) is 16.4. The second-order valence-corrected chi connectivity index (χ2v) is 6.50. The fourth-order valence-electron chi connectivity index (χ4n) is 2.63. The molecule has 0 aromatic heterocycles. The fraction of sp³-hybridized carbons (Fsp3) is 0.227. The van der Waals surface area contributed by atoms with Crippen LogP contribution in [0.15, 0.2) is 54.6 Å². The van der Waals surface area contributed by atoms with E-state index in [4.69, 9.17) is 14.2 Å². The van der Waals surface area contributed by atoms with Crippen LogP contribution in [0.5, 0.6) is 11.5 Å². The highest BCUT2D eigenvalue weighted by Gasteiger charge is 2.18. The van der Waals surface area contributed by atoms with Crippen LogP contribution in [0, 0.1) is 0 Å². The lowest BCUT2D eigenvalue weighted by Crippen LogP contribution is -2.38. The van der Waals surface area contributed by atoms with Crippen molar-refractivity contribution >= 4 is 23.9 Å². The lowest BCUT2D eigenvalue weighted by molar-refractivity contribution is -0.154. The van der Waals surface area contributed by atoms with Crippen molar-refractivity contribution in [3.05, 3.63) is 65.7 Å². The van der Waals surface area contributed by atoms with Crippen LogP contribution in [-0.4, -0.2) is 37.2 Å². The second-order valence-electron chi connectivity index (χ2n) is 6.50. The Kier molecular flexibility index (Phi) is 7.05. The Hall–Kier alpha value is -3.81. The van der Waals surface area contributed by atoms with Crippen LogP contribution >= 0.6 is 0 Å². The molecule has 1 atom stereocenters. The first-order valence-electron chi connectivity index (χ1n) is 9.38. The number of fused-ring (bicyclic) bond motifs is 1. The molecule has 8 nitrogen and oxygen atoms in total. The lowest BCUT2D eigenvalue weighted by Gasteiger charge is -2.14. The topological polar surface area (TPSA) is 103 Å². The van der Waals surface area contributed by atoms with Crippen LogP contribution in [0.4, 0.5) is 0 Å². The van der Waals surface area contributed by atoms with Crippen molar-refractivity contribution in [3.63, 3.8) is 0 Å². The molecule has 0 aliphatic carbocycles. The van der Waals surface area contributed by atoms with E-state index >= 15 is 0 Å². The molecule has 1 aliphatic rings. The van der Waals surface area contributed by atoms with Crippen molar-refractivity contribution < 1.29 is 28.6 Å². The minimum atomic E-state index is -0.997. The average Bonchev–Trinajstić information content (AvgIpc) is 3.23. The summed E-state index contributed by atoms with van der Waals surface area (Å²) in [5, 5.41) is 5.11. The molecule has 1 heterocycles. The highest BCUT2D eigenvalue weighted by atomic mass is 16.7. The molecule has 1 aliphatic heterocycles. The van der Waals surface area contributed by atoms with Crippen molar-refractivity contribution in [3.8, 4) is 11.5 Å². The number of carbonyl (C=O) groups is 3. The van der Waals surface area contributed by atoms with Crippen molar-refractivity contribution in [2.75, 3.05) is 13.3 Å². The summed E-state index contributed by atoms with van der Waals surface area (Å²) in [6.07, 6.45) is 1.96. The van der Waals surface area contributed by atoms with E-state index in [0.29, 0.717) is 11.5 Å². The first-order valence-corrected chi connectivity index (χ1v) is 9.38. The normalized spacial score (nSPS) is 13.0. The minimum absolute atomic E-state index is 0.177. The zero-order valence-electron chi connectivity index (χ0n) is 16.4. The summed E-state index contributed by atoms with van der Waals surface area (Å²) in [6.45, 7) is 1.55. The lowest BCUT2D eigenvalue weighted by atomic mass is 10.2. The number of hydrogen-bond donors (Lipinski definition) is 2. The molecule has 0 spiro atoms. The summed E-state index contributed by atoms with van der Waals surface area (Å²) in [7, 11) is 0. The first-order chi connectivity index (χ1) is 14.5. The van der Waals surface area contributed by atoms with Gasteiger partial charge in [-0.25, -0.2) is 0 Å². The predicted octanol–water partition coefficient (Wildman–Crippen LogP) is 1.79. The molecule has 0 radical (unpaired) electrons. The molecule has 2 aromatic rings. The van der Waals surface area contributed by atoms with Gasteiger partial charge in [0, 0.05) is 12.6 Å². The van der Waals surface area contributed by atoms with Gasteiger partial charge in [-0.15, -0.1) is 0 Å². The van der Waals surface area contributed by atoms with Gasteiger partial charge in [-0.3, -0.25) is 14.4 Å². The molecule has 156 valence electrons. The van der Waals surface area contributed by atoms with Crippen LogP contribution in [0.3, 0.4) is 0 Å². The number of amides is 2. The summed E-state index contributed by atoms with van der Waals surface area (Å²) >= 11 is 0. The van der Waals surface area contributed by atoms with Crippen LogP contribution in [0.2, 0.25) is 0 Å². The Balaban J connectivity index is 1.37. The third-order valence-corrected chi connectivity index (χ3v) is 4.21. The average molecular weight is 410 g/mol. The monoisotopic (exact) mass is 410 g/mol. The number of nitrogens with one attached hydrogen (secondary N) is 2. The molecule has 2 aromatic carbocycles. The van der Waals surface area contributed by atoms with Gasteiger partial charge in [0.1, 0.15) is 6.54 Å². The Morgan fingerprint density at radius 3 is 2.63 bits per heavy atom. The zero-order chi connectivity index (χ0) is 21.3. The standard InChI is InChI=1S/C22H22N2O6/c1-15(22(27)24-12-17-7-9-18-19(11-17)29-14-28-18)30-21(26)13-23-20(25)10-8-16-5-3-2-4-6-16/h2-11,15H,12-14H2,1H3,(H,23,25)(H,24,27)/b10-8+/t15-/m1/s1. The van der Waals surface area contributed by atoms with Gasteiger partial charge in [-0.2, -0.15) is 0 Å². The summed E-state index contributed by atoms with van der Waals surface area (Å²) < 4.78 is 15.6. The minimum Gasteiger partial charge on any atom is -0.454 e. The van der Waals surface area contributed by atoms with Gasteiger partial charge in [-0.05, 0) is 36.3 Å². The van der Waals surface area contributed by atoms with Gasteiger partial charge in [-0.1, -0.05) is 36.4 Å². The van der Waals surface area contributed by atoms with Crippen LogP contribution in [0.1, 0.15) is 18.1 Å². The quantitative estimate of drug-likeness (QED) is 0.508. The molecule has 2 amide bonds. The van der Waals surface area contributed by atoms with Gasteiger partial charge in [0.05, 0.1) is 0 Å². The van der Waals surface area contributed by atoms with Crippen LogP contribution in [-0.2, 0) is 25.7 Å². The van der Waals surface area contributed by atoms with Crippen molar-refractivity contribution in [2.24, 2.45) is 0 Å². The smallest absolute Gasteiger partial charge is 0.326 e. The van der Waals surface area contributed by atoms with Gasteiger partial charge < -0.3 is 24.8 Å². The Morgan fingerprint density at radius 1 is 1.07 bits per heavy atom. The summed E-state index contributed by atoms with van der Waals surface area (Å²) in [5.74, 6) is -0.305. The van der Waals surface area contributed by atoms with E-state index in [2.05, 4.69) is 10.6 Å². The van der Waals surface area contributed by atoms with Gasteiger partial charge in [0.15, 0.2) is 17.6 Å². The number of ether oxygens (including phenoxy) is 3. The number of benzene rings is 2. The van der Waals surface area contributed by atoms with Crippen LogP contribution in [0.25, 0.3) is 6.08 Å². The Labute approximate surface area is 173 Å². The van der Waals surface area contributed by atoms with E-state index in [1.807, 2.05) is 36.4 Å². The maximum Gasteiger partial charge on any atom is 0.326 e. The van der Waals surface area contributed by atoms with Gasteiger partial charge in [0.2, 0.25) is 12.7 Å². The molecule has 0 fully saturated rings. The fourth-order valence-corrected chi connectivity index (χ4v) is 2.63. The Bertz CT molecular complexity index is 942. The van der Waals surface area contributed by atoms with Gasteiger partial charge >= 0.3 is 5.97 Å². The molecule has 0 saturated carbocycles. The Morgan fingerprint density at radius 2 is 1.83 bits per heavy atom. The third kappa shape index (κ3) is 6.10. The van der Waals surface area contributed by atoms with Crippen molar-refractivity contribution in [2.45, 2.75) is 19.6 Å². The summed E-state index contributed by atoms with van der Waals surface area (Å²) in [5.41, 5.74) is 1.69. The third-order valence-electron chi connectivity index (χ3n) is 4.21. The second kappa shape index (κ2) is 10.1. The number of carbonyl (C=O) groups excluding carboxylic acids is 3. The first kappa shape index (κ1) is 20.9. The maximum absolute atomic E-state index is 12.1. The molecule has 0 unspecified atom stereocenters. The van der Waals surface area contributed by atoms with E-state index in [-0.39, 0.29) is 19.9 Å². The van der Waals surface area contributed by atoms with Crippen molar-refractivity contribution in [1.29, 1.82) is 0 Å². The summed E-state index contributed by atoms with van der Waals surface area (Å²) in [4.78, 5) is 35.8. The van der Waals surface area contributed by atoms with E-state index in [9.17, 15) is 14.4 Å². The number of rotatable bonds is 8. The van der Waals surface area contributed by atoms with E-state index < -0.39 is 23.9 Å². The number of hydrogen-bond acceptors (Lipinski definition) is 6. The molecule has 0 bridgehead atoms. The van der Waals surface area contributed by atoms with Crippen molar-refractivity contribution in [1.82, 2.24) is 10.6 Å². The van der Waals surface area contributed by atoms with E-state index in [0.717, 1.165) is 11.1 Å². The molecule has 8 heteroatoms. The van der Waals surface area contributed by atoms with Gasteiger partial charge in [0.25, 0.3) is 5.91 Å². The highest BCUT2D eigenvalue weighted by Crippen LogP contribution is 2.32. The molecule has 30 heavy (non-hydrogen) atoms. The SMILES string of the molecule is C[C@@H](OC(=O)CNC(=O)/C=C/c1ccccc1)C(=O)NCc1ccc2c(c1)OCO2. The van der Waals surface area contributed by atoms with Crippen LogP contribution < -0.4 is 20.1 Å². The van der Waals surface area contributed by atoms with E-state index in [1.165, 1.54) is 13.0 Å². The largest absolute Gasteiger partial charge is 0.454 e. The predicted molar refractivity (Wildman–Crippen MR) is 108 cm³/mol. The number of esters is 1. The molecular weight excluding hydrogens is 388 g/mol.